The van der Waals surface area contributed by atoms with Crippen molar-refractivity contribution in [1.82, 2.24) is 0 Å². The number of allylic oxidation sites excluding steroid dienone is 22. The Hall–Kier alpha value is -3.85. The zero-order valence-corrected chi connectivity index (χ0v) is 43.4. The van der Waals surface area contributed by atoms with Crippen molar-refractivity contribution in [3.05, 3.63) is 134 Å². The van der Waals surface area contributed by atoms with Crippen molar-refractivity contribution in [3.8, 4) is 0 Å². The maximum atomic E-state index is 12.7. The smallest absolute Gasteiger partial charge is 0.306 e. The molecule has 0 aromatic heterocycles. The molecule has 0 amide bonds. The third kappa shape index (κ3) is 51.4. The van der Waals surface area contributed by atoms with Crippen LogP contribution in [-0.2, 0) is 32.7 Å². The van der Waals surface area contributed by atoms with E-state index in [0.29, 0.717) is 23.9 Å². The number of carbonyl (C=O) groups excluding carboxylic acids is 2. The van der Waals surface area contributed by atoms with Gasteiger partial charge >= 0.3 is 11.9 Å². The lowest BCUT2D eigenvalue weighted by atomic mass is 10.1. The number of nitrogens with zero attached hydrogens (tertiary/aromatic N) is 1. The molecule has 9 nitrogen and oxygen atoms in total. The maximum absolute atomic E-state index is 12.7. The molecular weight excluding hydrogens is 858 g/mol. The molecular formula is C57H92NO8P. The van der Waals surface area contributed by atoms with E-state index in [-0.39, 0.29) is 26.1 Å². The van der Waals surface area contributed by atoms with Crippen LogP contribution in [0, 0.1) is 0 Å². The van der Waals surface area contributed by atoms with Crippen LogP contribution >= 0.6 is 7.82 Å². The molecule has 0 heterocycles. The van der Waals surface area contributed by atoms with Crippen molar-refractivity contribution >= 4 is 19.8 Å². The summed E-state index contributed by atoms with van der Waals surface area (Å²) in [6.45, 7) is 3.95. The molecule has 0 aliphatic carbocycles. The van der Waals surface area contributed by atoms with Crippen molar-refractivity contribution in [2.45, 2.75) is 168 Å². The summed E-state index contributed by atoms with van der Waals surface area (Å²) in [5.74, 6) is -0.913. The molecule has 0 rings (SSSR count). The summed E-state index contributed by atoms with van der Waals surface area (Å²) >= 11 is 0. The molecule has 0 saturated carbocycles. The normalized spacial score (nSPS) is 14.5. The number of ether oxygens (including phenoxy) is 2. The third-order valence-electron chi connectivity index (χ3n) is 9.89. The first-order valence-electron chi connectivity index (χ1n) is 25.4. The second-order valence-electron chi connectivity index (χ2n) is 17.4. The van der Waals surface area contributed by atoms with Gasteiger partial charge in [0, 0.05) is 12.8 Å². The van der Waals surface area contributed by atoms with E-state index >= 15 is 0 Å². The van der Waals surface area contributed by atoms with Crippen molar-refractivity contribution in [3.63, 3.8) is 0 Å². The average molecular weight is 950 g/mol. The zero-order valence-electron chi connectivity index (χ0n) is 42.5. The van der Waals surface area contributed by atoms with Gasteiger partial charge < -0.3 is 27.9 Å². The number of esters is 2. The van der Waals surface area contributed by atoms with Crippen LogP contribution in [0.5, 0.6) is 0 Å². The van der Waals surface area contributed by atoms with Crippen LogP contribution in [-0.4, -0.2) is 70.0 Å². The number of phosphoric acid groups is 1. The lowest BCUT2D eigenvalue weighted by molar-refractivity contribution is -0.870. The Morgan fingerprint density at radius 3 is 1.31 bits per heavy atom. The summed E-state index contributed by atoms with van der Waals surface area (Å²) in [7, 11) is 1.11. The van der Waals surface area contributed by atoms with E-state index in [1.165, 1.54) is 0 Å². The van der Waals surface area contributed by atoms with Crippen LogP contribution in [0.15, 0.2) is 134 Å². The highest BCUT2D eigenvalue weighted by molar-refractivity contribution is 7.45. The summed E-state index contributed by atoms with van der Waals surface area (Å²) in [6, 6.07) is 0. The molecule has 2 atom stereocenters. The van der Waals surface area contributed by atoms with Gasteiger partial charge in [0.05, 0.1) is 27.7 Å². The monoisotopic (exact) mass is 950 g/mol. The Labute approximate surface area is 409 Å². The van der Waals surface area contributed by atoms with E-state index in [1.807, 2.05) is 21.1 Å². The standard InChI is InChI=1S/C57H92NO8P/c1-6-8-10-12-14-16-18-19-20-21-22-23-24-25-26-27-28-29-30-31-32-33-34-35-36-37-38-39-40-42-44-46-48-50-57(60)66-55(54-65-67(61,62)64-52-51-58(3,4)5)53-63-56(59)49-47-45-43-41-17-15-13-11-9-7-2/h8,10-11,13-14,16,19-20,22-23,25-26,28-29,31-32,34-35,37-38,40,42,55H,6-7,9,12,15,17-18,21,24,27,30,33,36,39,41,43-54H2,1-5H3/b10-8-,13-11-,16-14-,20-19-,23-22-,26-25-,29-28-,32-31-,35-34-,38-37-,42-40-. The minimum absolute atomic E-state index is 0.0485. The Balaban J connectivity index is 4.29. The van der Waals surface area contributed by atoms with Gasteiger partial charge in [0.1, 0.15) is 19.8 Å². The van der Waals surface area contributed by atoms with Gasteiger partial charge in [0.15, 0.2) is 6.10 Å². The van der Waals surface area contributed by atoms with Crippen LogP contribution in [0.3, 0.4) is 0 Å². The third-order valence-corrected chi connectivity index (χ3v) is 10.8. The first-order valence-corrected chi connectivity index (χ1v) is 26.9. The molecule has 0 aromatic rings. The van der Waals surface area contributed by atoms with E-state index in [0.717, 1.165) is 122 Å². The van der Waals surface area contributed by atoms with Crippen LogP contribution in [0.4, 0.5) is 0 Å². The zero-order chi connectivity index (χ0) is 49.2. The molecule has 0 N–H and O–H groups in total. The number of unbranched alkanes of at least 4 members (excludes halogenated alkanes) is 8. The van der Waals surface area contributed by atoms with Crippen molar-refractivity contribution < 1.29 is 42.1 Å². The summed E-state index contributed by atoms with van der Waals surface area (Å²) in [5.41, 5.74) is 0. The second-order valence-corrected chi connectivity index (χ2v) is 18.9. The highest BCUT2D eigenvalue weighted by Crippen LogP contribution is 2.38. The lowest BCUT2D eigenvalue weighted by Crippen LogP contribution is -2.37. The summed E-state index contributed by atoms with van der Waals surface area (Å²) < 4.78 is 33.8. The Bertz CT molecular complexity index is 1590. The Morgan fingerprint density at radius 1 is 0.478 bits per heavy atom. The second kappa shape index (κ2) is 47.2. The highest BCUT2D eigenvalue weighted by atomic mass is 31.2. The molecule has 0 aliphatic rings. The topological polar surface area (TPSA) is 111 Å². The van der Waals surface area contributed by atoms with E-state index in [9.17, 15) is 19.0 Å². The van der Waals surface area contributed by atoms with Gasteiger partial charge in [-0.3, -0.25) is 14.2 Å². The minimum Gasteiger partial charge on any atom is -0.756 e. The van der Waals surface area contributed by atoms with E-state index < -0.39 is 32.5 Å². The van der Waals surface area contributed by atoms with Gasteiger partial charge in [0.2, 0.25) is 0 Å². The number of quaternary nitrogens is 1. The van der Waals surface area contributed by atoms with Crippen molar-refractivity contribution in [1.29, 1.82) is 0 Å². The molecule has 67 heavy (non-hydrogen) atoms. The number of rotatable bonds is 44. The molecule has 0 spiro atoms. The van der Waals surface area contributed by atoms with Gasteiger partial charge in [-0.15, -0.1) is 0 Å². The van der Waals surface area contributed by atoms with Gasteiger partial charge in [-0.2, -0.15) is 0 Å². The van der Waals surface area contributed by atoms with Gasteiger partial charge in [-0.25, -0.2) is 0 Å². The van der Waals surface area contributed by atoms with Crippen LogP contribution < -0.4 is 4.89 Å². The van der Waals surface area contributed by atoms with Gasteiger partial charge in [0.25, 0.3) is 7.82 Å². The molecule has 378 valence electrons. The lowest BCUT2D eigenvalue weighted by Gasteiger charge is -2.28. The fourth-order valence-corrected chi connectivity index (χ4v) is 6.71. The summed E-state index contributed by atoms with van der Waals surface area (Å²) in [4.78, 5) is 37.5. The number of carbonyl (C=O) groups is 2. The molecule has 2 unspecified atom stereocenters. The fraction of sp³-hybridized carbons (Fsp3) is 0.579. The molecule has 0 aliphatic heterocycles. The van der Waals surface area contributed by atoms with Gasteiger partial charge in [-0.05, 0) is 109 Å². The van der Waals surface area contributed by atoms with Crippen LogP contribution in [0.25, 0.3) is 0 Å². The molecule has 0 saturated heterocycles. The molecule has 0 radical (unpaired) electrons. The Morgan fingerprint density at radius 2 is 0.851 bits per heavy atom. The maximum Gasteiger partial charge on any atom is 0.306 e. The first-order chi connectivity index (χ1) is 32.5. The number of hydrogen-bond donors (Lipinski definition) is 0. The fourth-order valence-electron chi connectivity index (χ4n) is 5.98. The van der Waals surface area contributed by atoms with E-state index in [4.69, 9.17) is 18.5 Å². The molecule has 0 bridgehead atoms. The number of likely N-dealkylation sites (N-methyl/N-ethyl adjacent to an activating group) is 1. The SMILES string of the molecule is CC/C=C\C/C=C\C/C=C\C/C=C\C/C=C\C/C=C\C/C=C\C/C=C\C/C=C\C/C=C\CCCCC(=O)OC(COC(=O)CCCCCCC/C=C\CCC)COP(=O)([O-])OCC[N+](C)(C)C. The quantitative estimate of drug-likeness (QED) is 0.0195. The van der Waals surface area contributed by atoms with Crippen molar-refractivity contribution in [2.24, 2.45) is 0 Å². The molecule has 0 aromatic carbocycles. The predicted molar refractivity (Wildman–Crippen MR) is 281 cm³/mol. The van der Waals surface area contributed by atoms with Crippen LogP contribution in [0.2, 0.25) is 0 Å². The van der Waals surface area contributed by atoms with Gasteiger partial charge in [-0.1, -0.05) is 173 Å². The molecule has 0 fully saturated rings. The Kier molecular flexibility index (Phi) is 44.5. The average Bonchev–Trinajstić information content (AvgIpc) is 3.29. The van der Waals surface area contributed by atoms with Crippen molar-refractivity contribution in [2.75, 3.05) is 47.5 Å². The van der Waals surface area contributed by atoms with E-state index in [2.05, 4.69) is 148 Å². The minimum atomic E-state index is -4.65. The first kappa shape index (κ1) is 63.1. The number of hydrogen-bond acceptors (Lipinski definition) is 8. The molecule has 10 heteroatoms. The predicted octanol–water partition coefficient (Wildman–Crippen LogP) is 14.8. The number of phosphoric ester groups is 1. The summed E-state index contributed by atoms with van der Waals surface area (Å²) in [6.07, 6.45) is 68.0. The highest BCUT2D eigenvalue weighted by Gasteiger charge is 2.21. The summed E-state index contributed by atoms with van der Waals surface area (Å²) in [5, 5.41) is 0. The largest absolute Gasteiger partial charge is 0.756 e. The van der Waals surface area contributed by atoms with Crippen LogP contribution in [0.1, 0.15) is 162 Å². The van der Waals surface area contributed by atoms with E-state index in [1.54, 1.807) is 0 Å².